The van der Waals surface area contributed by atoms with Gasteiger partial charge in [-0.25, -0.2) is 0 Å². The molecule has 1 heterocycles. The van der Waals surface area contributed by atoms with Crippen molar-refractivity contribution in [3.63, 3.8) is 0 Å². The SMILES string of the molecule is Cn1cc(C(=O)NC2CCC(CO)CC2)cn1. The van der Waals surface area contributed by atoms with E-state index in [1.165, 1.54) is 0 Å². The fourth-order valence-electron chi connectivity index (χ4n) is 2.30. The van der Waals surface area contributed by atoms with E-state index in [0.717, 1.165) is 25.7 Å². The third kappa shape index (κ3) is 3.06. The van der Waals surface area contributed by atoms with Gasteiger partial charge in [-0.3, -0.25) is 9.48 Å². The van der Waals surface area contributed by atoms with Crippen molar-refractivity contribution in [1.82, 2.24) is 15.1 Å². The second-order valence-corrected chi connectivity index (χ2v) is 4.78. The normalized spacial score (nSPS) is 24.6. The molecule has 1 amide bonds. The number of aromatic nitrogens is 2. The minimum absolute atomic E-state index is 0.0504. The number of hydrogen-bond donors (Lipinski definition) is 2. The molecule has 17 heavy (non-hydrogen) atoms. The van der Waals surface area contributed by atoms with E-state index in [-0.39, 0.29) is 18.6 Å². The lowest BCUT2D eigenvalue weighted by molar-refractivity contribution is 0.0914. The summed E-state index contributed by atoms with van der Waals surface area (Å²) in [6.45, 7) is 0.267. The van der Waals surface area contributed by atoms with E-state index >= 15 is 0 Å². The smallest absolute Gasteiger partial charge is 0.254 e. The summed E-state index contributed by atoms with van der Waals surface area (Å²) in [7, 11) is 1.79. The molecule has 94 valence electrons. The number of rotatable bonds is 3. The maximum absolute atomic E-state index is 11.9. The lowest BCUT2D eigenvalue weighted by Crippen LogP contribution is -2.37. The van der Waals surface area contributed by atoms with Crippen molar-refractivity contribution in [1.29, 1.82) is 0 Å². The Morgan fingerprint density at radius 2 is 2.24 bits per heavy atom. The van der Waals surface area contributed by atoms with Gasteiger partial charge in [0, 0.05) is 25.9 Å². The van der Waals surface area contributed by atoms with Crippen LogP contribution in [0, 0.1) is 5.92 Å². The van der Waals surface area contributed by atoms with E-state index in [0.29, 0.717) is 11.5 Å². The average Bonchev–Trinajstić information content (AvgIpc) is 2.77. The summed E-state index contributed by atoms with van der Waals surface area (Å²) in [5.74, 6) is 0.368. The van der Waals surface area contributed by atoms with Crippen molar-refractivity contribution in [3.05, 3.63) is 18.0 Å². The van der Waals surface area contributed by atoms with Crippen LogP contribution in [0.5, 0.6) is 0 Å². The predicted molar refractivity (Wildman–Crippen MR) is 63.5 cm³/mol. The number of carbonyl (C=O) groups excluding carboxylic acids is 1. The van der Waals surface area contributed by atoms with Gasteiger partial charge < -0.3 is 10.4 Å². The summed E-state index contributed by atoms with van der Waals surface area (Å²) in [6.07, 6.45) is 7.20. The van der Waals surface area contributed by atoms with E-state index in [2.05, 4.69) is 10.4 Å². The van der Waals surface area contributed by atoms with Crippen LogP contribution < -0.4 is 5.32 Å². The van der Waals surface area contributed by atoms with Crippen molar-refractivity contribution in [2.45, 2.75) is 31.7 Å². The molecule has 0 aromatic carbocycles. The van der Waals surface area contributed by atoms with Gasteiger partial charge in [0.1, 0.15) is 0 Å². The molecule has 0 atom stereocenters. The lowest BCUT2D eigenvalue weighted by Gasteiger charge is -2.27. The highest BCUT2D eigenvalue weighted by molar-refractivity contribution is 5.93. The standard InChI is InChI=1S/C12H19N3O2/c1-15-7-10(6-13-15)12(17)14-11-4-2-9(8-16)3-5-11/h6-7,9,11,16H,2-5,8H2,1H3,(H,14,17). The molecule has 0 radical (unpaired) electrons. The molecule has 1 aromatic heterocycles. The van der Waals surface area contributed by atoms with Gasteiger partial charge in [0.05, 0.1) is 11.8 Å². The van der Waals surface area contributed by atoms with E-state index in [1.54, 1.807) is 24.1 Å². The number of amides is 1. The van der Waals surface area contributed by atoms with Crippen molar-refractivity contribution in [3.8, 4) is 0 Å². The number of carbonyl (C=O) groups is 1. The number of aliphatic hydroxyl groups excluding tert-OH is 1. The number of nitrogens with one attached hydrogen (secondary N) is 1. The van der Waals surface area contributed by atoms with Crippen molar-refractivity contribution in [2.75, 3.05) is 6.61 Å². The van der Waals surface area contributed by atoms with E-state index in [4.69, 9.17) is 5.11 Å². The first-order valence-corrected chi connectivity index (χ1v) is 6.09. The average molecular weight is 237 g/mol. The minimum Gasteiger partial charge on any atom is -0.396 e. The summed E-state index contributed by atoms with van der Waals surface area (Å²) in [5.41, 5.74) is 0.608. The zero-order chi connectivity index (χ0) is 12.3. The molecule has 1 saturated carbocycles. The van der Waals surface area contributed by atoms with Gasteiger partial charge in [-0.1, -0.05) is 0 Å². The first kappa shape index (κ1) is 12.1. The molecular formula is C12H19N3O2. The quantitative estimate of drug-likeness (QED) is 0.813. The van der Waals surface area contributed by atoms with Crippen LogP contribution in [0.4, 0.5) is 0 Å². The molecule has 1 aromatic rings. The molecule has 1 aliphatic carbocycles. The van der Waals surface area contributed by atoms with Crippen molar-refractivity contribution in [2.24, 2.45) is 13.0 Å². The Morgan fingerprint density at radius 1 is 1.53 bits per heavy atom. The third-order valence-electron chi connectivity index (χ3n) is 3.41. The topological polar surface area (TPSA) is 67.2 Å². The number of aryl methyl sites for hydroxylation is 1. The van der Waals surface area contributed by atoms with Crippen LogP contribution in [0.15, 0.2) is 12.4 Å². The van der Waals surface area contributed by atoms with E-state index in [9.17, 15) is 4.79 Å². The molecule has 0 unspecified atom stereocenters. The van der Waals surface area contributed by atoms with E-state index < -0.39 is 0 Å². The molecular weight excluding hydrogens is 218 g/mol. The molecule has 5 heteroatoms. The van der Waals surface area contributed by atoms with Crippen LogP contribution in [-0.2, 0) is 7.05 Å². The van der Waals surface area contributed by atoms with Gasteiger partial charge in [0.25, 0.3) is 5.91 Å². The van der Waals surface area contributed by atoms with Gasteiger partial charge in [-0.05, 0) is 31.6 Å². The molecule has 2 N–H and O–H groups in total. The van der Waals surface area contributed by atoms with Crippen molar-refractivity contribution < 1.29 is 9.90 Å². The van der Waals surface area contributed by atoms with Crippen LogP contribution in [0.2, 0.25) is 0 Å². The zero-order valence-electron chi connectivity index (χ0n) is 10.1. The summed E-state index contributed by atoms with van der Waals surface area (Å²) in [6, 6.07) is 0.241. The van der Waals surface area contributed by atoms with Gasteiger partial charge in [-0.15, -0.1) is 0 Å². The van der Waals surface area contributed by atoms with Gasteiger partial charge in [0.15, 0.2) is 0 Å². The Bertz CT molecular complexity index is 381. The highest BCUT2D eigenvalue weighted by atomic mass is 16.3. The largest absolute Gasteiger partial charge is 0.396 e. The van der Waals surface area contributed by atoms with Crippen LogP contribution >= 0.6 is 0 Å². The fourth-order valence-corrected chi connectivity index (χ4v) is 2.30. The maximum atomic E-state index is 11.9. The number of hydrogen-bond acceptors (Lipinski definition) is 3. The molecule has 0 aliphatic heterocycles. The first-order valence-electron chi connectivity index (χ1n) is 6.09. The number of nitrogens with zero attached hydrogens (tertiary/aromatic N) is 2. The second kappa shape index (κ2) is 5.31. The molecule has 0 spiro atoms. The van der Waals surface area contributed by atoms with E-state index in [1.807, 2.05) is 0 Å². The Kier molecular flexibility index (Phi) is 3.78. The maximum Gasteiger partial charge on any atom is 0.254 e. The fraction of sp³-hybridized carbons (Fsp3) is 0.667. The summed E-state index contributed by atoms with van der Waals surface area (Å²) in [5, 5.41) is 16.0. The summed E-state index contributed by atoms with van der Waals surface area (Å²) >= 11 is 0. The molecule has 0 saturated heterocycles. The van der Waals surface area contributed by atoms with Crippen LogP contribution in [-0.4, -0.2) is 33.4 Å². The Hall–Kier alpha value is -1.36. The molecule has 2 rings (SSSR count). The Morgan fingerprint density at radius 3 is 2.76 bits per heavy atom. The highest BCUT2D eigenvalue weighted by Gasteiger charge is 2.22. The van der Waals surface area contributed by atoms with Crippen LogP contribution in [0.3, 0.4) is 0 Å². The highest BCUT2D eigenvalue weighted by Crippen LogP contribution is 2.23. The van der Waals surface area contributed by atoms with Crippen LogP contribution in [0.25, 0.3) is 0 Å². The third-order valence-corrected chi connectivity index (χ3v) is 3.41. The number of aliphatic hydroxyl groups is 1. The van der Waals surface area contributed by atoms with Crippen molar-refractivity contribution >= 4 is 5.91 Å². The minimum atomic E-state index is -0.0504. The summed E-state index contributed by atoms with van der Waals surface area (Å²) < 4.78 is 1.62. The van der Waals surface area contributed by atoms with Crippen LogP contribution in [0.1, 0.15) is 36.0 Å². The zero-order valence-corrected chi connectivity index (χ0v) is 10.1. The molecule has 1 fully saturated rings. The Balaban J connectivity index is 1.84. The van der Waals surface area contributed by atoms with Gasteiger partial charge >= 0.3 is 0 Å². The Labute approximate surface area is 101 Å². The molecule has 1 aliphatic rings. The molecule has 0 bridgehead atoms. The first-order chi connectivity index (χ1) is 8.19. The molecule has 5 nitrogen and oxygen atoms in total. The van der Waals surface area contributed by atoms with Gasteiger partial charge in [-0.2, -0.15) is 5.10 Å². The van der Waals surface area contributed by atoms with Gasteiger partial charge in [0.2, 0.25) is 0 Å². The second-order valence-electron chi connectivity index (χ2n) is 4.78. The predicted octanol–water partition coefficient (Wildman–Crippen LogP) is 0.701. The summed E-state index contributed by atoms with van der Waals surface area (Å²) in [4.78, 5) is 11.9. The monoisotopic (exact) mass is 237 g/mol. The lowest BCUT2D eigenvalue weighted by atomic mass is 9.86.